The molecule has 1 heterocycles. The van der Waals surface area contributed by atoms with Gasteiger partial charge in [0.1, 0.15) is 0 Å². The van der Waals surface area contributed by atoms with Crippen molar-refractivity contribution in [3.05, 3.63) is 0 Å². The van der Waals surface area contributed by atoms with E-state index in [-0.39, 0.29) is 0 Å². The average Bonchev–Trinajstić information content (AvgIpc) is 2.86. The summed E-state index contributed by atoms with van der Waals surface area (Å²) >= 11 is 0. The van der Waals surface area contributed by atoms with Crippen molar-refractivity contribution in [1.82, 2.24) is 10.2 Å². The summed E-state index contributed by atoms with van der Waals surface area (Å²) in [4.78, 5) is 2.54. The molecule has 2 rings (SSSR count). The molecule has 2 aliphatic rings. The van der Waals surface area contributed by atoms with Gasteiger partial charge in [0.05, 0.1) is 0 Å². The van der Waals surface area contributed by atoms with Crippen LogP contribution >= 0.6 is 0 Å². The Morgan fingerprint density at radius 3 is 2.69 bits per heavy atom. The summed E-state index contributed by atoms with van der Waals surface area (Å²) in [6.45, 7) is 4.83. The molecule has 2 heteroatoms. The monoisotopic (exact) mass is 182 g/mol. The zero-order chi connectivity index (χ0) is 9.31. The molecule has 0 amide bonds. The van der Waals surface area contributed by atoms with Crippen molar-refractivity contribution in [2.24, 2.45) is 0 Å². The number of nitrogens with zero attached hydrogens (tertiary/aromatic N) is 1. The van der Waals surface area contributed by atoms with Crippen molar-refractivity contribution in [2.45, 2.75) is 50.6 Å². The molecule has 2 nitrogen and oxygen atoms in total. The van der Waals surface area contributed by atoms with Crippen molar-refractivity contribution >= 4 is 0 Å². The van der Waals surface area contributed by atoms with E-state index in [4.69, 9.17) is 0 Å². The molecule has 0 aromatic heterocycles. The fraction of sp³-hybridized carbons (Fsp3) is 1.00. The standard InChI is InChI=1S/C11H22N2/c1-11(7-3-4-8-12-11)9-13(2)10-5-6-10/h10,12H,3-9H2,1-2H3. The van der Waals surface area contributed by atoms with Gasteiger partial charge in [-0.05, 0) is 46.2 Å². The molecule has 1 aliphatic carbocycles. The maximum Gasteiger partial charge on any atom is 0.0280 e. The molecule has 1 unspecified atom stereocenters. The van der Waals surface area contributed by atoms with Crippen LogP contribution in [0, 0.1) is 0 Å². The lowest BCUT2D eigenvalue weighted by molar-refractivity contribution is 0.182. The summed E-state index contributed by atoms with van der Waals surface area (Å²) in [5.74, 6) is 0. The van der Waals surface area contributed by atoms with Crippen LogP contribution in [0.25, 0.3) is 0 Å². The third-order valence-corrected chi connectivity index (χ3v) is 3.48. The van der Waals surface area contributed by atoms with Crippen LogP contribution in [0.2, 0.25) is 0 Å². The number of hydrogen-bond acceptors (Lipinski definition) is 2. The van der Waals surface area contributed by atoms with Crippen molar-refractivity contribution in [3.63, 3.8) is 0 Å². The molecule has 1 N–H and O–H groups in total. The minimum Gasteiger partial charge on any atom is -0.310 e. The van der Waals surface area contributed by atoms with Crippen molar-refractivity contribution < 1.29 is 0 Å². The number of nitrogens with one attached hydrogen (secondary N) is 1. The van der Waals surface area contributed by atoms with Gasteiger partial charge in [-0.15, -0.1) is 0 Å². The molecule has 1 saturated heterocycles. The number of piperidine rings is 1. The van der Waals surface area contributed by atoms with Crippen molar-refractivity contribution in [3.8, 4) is 0 Å². The molecule has 0 aromatic rings. The van der Waals surface area contributed by atoms with Gasteiger partial charge in [0.25, 0.3) is 0 Å². The summed E-state index contributed by atoms with van der Waals surface area (Å²) in [7, 11) is 2.28. The topological polar surface area (TPSA) is 15.3 Å². The smallest absolute Gasteiger partial charge is 0.0280 e. The molecule has 0 radical (unpaired) electrons. The van der Waals surface area contributed by atoms with Gasteiger partial charge >= 0.3 is 0 Å². The Morgan fingerprint density at radius 2 is 2.15 bits per heavy atom. The SMILES string of the molecule is CN(CC1(C)CCCCN1)C1CC1. The normalized spacial score (nSPS) is 35.3. The molecule has 1 saturated carbocycles. The van der Waals surface area contributed by atoms with E-state index in [1.54, 1.807) is 0 Å². The first-order valence-corrected chi connectivity index (χ1v) is 5.65. The maximum absolute atomic E-state index is 3.67. The van der Waals surface area contributed by atoms with Crippen molar-refractivity contribution in [2.75, 3.05) is 20.1 Å². The summed E-state index contributed by atoms with van der Waals surface area (Å²) in [5.41, 5.74) is 0.398. The summed E-state index contributed by atoms with van der Waals surface area (Å²) < 4.78 is 0. The second-order valence-electron chi connectivity index (χ2n) is 5.09. The fourth-order valence-corrected chi connectivity index (χ4v) is 2.45. The first-order valence-electron chi connectivity index (χ1n) is 5.65. The second kappa shape index (κ2) is 3.58. The highest BCUT2D eigenvalue weighted by atomic mass is 15.2. The quantitative estimate of drug-likeness (QED) is 0.713. The van der Waals surface area contributed by atoms with E-state index >= 15 is 0 Å². The molecule has 0 aromatic carbocycles. The van der Waals surface area contributed by atoms with E-state index in [0.29, 0.717) is 5.54 Å². The summed E-state index contributed by atoms with van der Waals surface area (Å²) in [6, 6.07) is 0.903. The van der Waals surface area contributed by atoms with E-state index in [1.165, 1.54) is 45.2 Å². The summed E-state index contributed by atoms with van der Waals surface area (Å²) in [5, 5.41) is 3.67. The zero-order valence-corrected chi connectivity index (χ0v) is 8.97. The van der Waals surface area contributed by atoms with Gasteiger partial charge in [-0.2, -0.15) is 0 Å². The molecule has 13 heavy (non-hydrogen) atoms. The van der Waals surface area contributed by atoms with Crippen LogP contribution < -0.4 is 5.32 Å². The Morgan fingerprint density at radius 1 is 1.38 bits per heavy atom. The van der Waals surface area contributed by atoms with Gasteiger partial charge < -0.3 is 10.2 Å². The van der Waals surface area contributed by atoms with Crippen LogP contribution in [-0.4, -0.2) is 36.6 Å². The van der Waals surface area contributed by atoms with E-state index in [1.807, 2.05) is 0 Å². The third kappa shape index (κ3) is 2.44. The van der Waals surface area contributed by atoms with E-state index in [0.717, 1.165) is 6.04 Å². The van der Waals surface area contributed by atoms with Gasteiger partial charge in [-0.1, -0.05) is 6.42 Å². The molecule has 0 bridgehead atoms. The van der Waals surface area contributed by atoms with Crippen LogP contribution in [0.15, 0.2) is 0 Å². The Hall–Kier alpha value is -0.0800. The summed E-state index contributed by atoms with van der Waals surface area (Å²) in [6.07, 6.45) is 6.97. The highest BCUT2D eigenvalue weighted by molar-refractivity contribution is 4.93. The highest BCUT2D eigenvalue weighted by Crippen LogP contribution is 2.28. The first-order chi connectivity index (χ1) is 6.20. The van der Waals surface area contributed by atoms with Crippen molar-refractivity contribution in [1.29, 1.82) is 0 Å². The van der Waals surface area contributed by atoms with Gasteiger partial charge in [0.15, 0.2) is 0 Å². The lowest BCUT2D eigenvalue weighted by atomic mass is 9.90. The van der Waals surface area contributed by atoms with Crippen LogP contribution in [-0.2, 0) is 0 Å². The minimum atomic E-state index is 0.398. The third-order valence-electron chi connectivity index (χ3n) is 3.48. The van der Waals surface area contributed by atoms with Crippen LogP contribution in [0.3, 0.4) is 0 Å². The Labute approximate surface area is 81.7 Å². The molecule has 0 spiro atoms. The molecule has 2 fully saturated rings. The number of likely N-dealkylation sites (N-methyl/N-ethyl adjacent to an activating group) is 1. The lowest BCUT2D eigenvalue weighted by Gasteiger charge is -2.38. The minimum absolute atomic E-state index is 0.398. The Kier molecular flexibility index (Phi) is 2.61. The Balaban J connectivity index is 1.82. The van der Waals surface area contributed by atoms with Crippen LogP contribution in [0.1, 0.15) is 39.0 Å². The number of rotatable bonds is 3. The molecule has 1 aliphatic heterocycles. The Bertz CT molecular complexity index is 169. The second-order valence-corrected chi connectivity index (χ2v) is 5.09. The van der Waals surface area contributed by atoms with Gasteiger partial charge in [0, 0.05) is 18.1 Å². The van der Waals surface area contributed by atoms with Crippen LogP contribution in [0.4, 0.5) is 0 Å². The average molecular weight is 182 g/mol. The highest BCUT2D eigenvalue weighted by Gasteiger charge is 2.33. The van der Waals surface area contributed by atoms with Gasteiger partial charge in [0.2, 0.25) is 0 Å². The first kappa shape index (κ1) is 9.47. The fourth-order valence-electron chi connectivity index (χ4n) is 2.45. The number of hydrogen-bond donors (Lipinski definition) is 1. The van der Waals surface area contributed by atoms with E-state index in [2.05, 4.69) is 24.2 Å². The van der Waals surface area contributed by atoms with Gasteiger partial charge in [-0.25, -0.2) is 0 Å². The van der Waals surface area contributed by atoms with Gasteiger partial charge in [-0.3, -0.25) is 0 Å². The largest absolute Gasteiger partial charge is 0.310 e. The molecular formula is C11H22N2. The van der Waals surface area contributed by atoms with Crippen LogP contribution in [0.5, 0.6) is 0 Å². The maximum atomic E-state index is 3.67. The molecular weight excluding hydrogens is 160 g/mol. The molecule has 1 atom stereocenters. The predicted molar refractivity (Wildman–Crippen MR) is 55.9 cm³/mol. The molecule has 76 valence electrons. The predicted octanol–water partition coefficient (Wildman–Crippen LogP) is 1.61. The zero-order valence-electron chi connectivity index (χ0n) is 8.97. The lowest BCUT2D eigenvalue weighted by Crippen LogP contribution is -2.53. The van der Waals surface area contributed by atoms with E-state index in [9.17, 15) is 0 Å². The van der Waals surface area contributed by atoms with E-state index < -0.39 is 0 Å².